The number of rotatable bonds is 12. The van der Waals surface area contributed by atoms with Gasteiger partial charge in [0.2, 0.25) is 0 Å². The van der Waals surface area contributed by atoms with E-state index in [1.165, 1.54) is 105 Å². The maximum Gasteiger partial charge on any atom is 0.0162 e. The maximum atomic E-state index is 2.53. The Hall–Kier alpha value is -7.54. The Balaban J connectivity index is 0.818. The van der Waals surface area contributed by atoms with Gasteiger partial charge in [-0.1, -0.05) is 257 Å². The van der Waals surface area contributed by atoms with Crippen LogP contribution in [0.15, 0.2) is 237 Å². The second kappa shape index (κ2) is 18.3. The Kier molecular flexibility index (Phi) is 11.6. The van der Waals surface area contributed by atoms with Gasteiger partial charge in [0.25, 0.3) is 0 Å². The molecule has 10 aromatic carbocycles. The van der Waals surface area contributed by atoms with Crippen LogP contribution in [0.4, 0.5) is 0 Å². The molecular weight excluding hydrogens is 817 g/mol. The number of fused-ring (bicyclic) bond motifs is 4. The quantitative estimate of drug-likeness (QED) is 0.115. The van der Waals surface area contributed by atoms with E-state index in [4.69, 9.17) is 0 Å². The molecule has 0 amide bonds. The van der Waals surface area contributed by atoms with E-state index < -0.39 is 0 Å². The standard InChI is InChI=1S/C68H58/c1-46-15-13-22-59(43-46)67(64-24-14-21-55-20-11-12-23-61(55)64)47(2)57-38-41-62-63-42-39-58(45-66(63)68(3,4)65(62)44-57)53-28-25-48(26-29-53)27-40-60(54-18-9-6-10-19-54)56-36-34-52(35-37-56)51-32-30-50(31-33-51)49-16-7-5-8-17-49/h5-26,28-39,41-45,47,60,67H,27,40H2,1-4H3/t47?,60?,67-/m1/s1. The molecule has 330 valence electrons. The fraction of sp³-hybridized carbons (Fsp3) is 0.147. The highest BCUT2D eigenvalue weighted by molar-refractivity contribution is 5.87. The van der Waals surface area contributed by atoms with Crippen LogP contribution in [0.2, 0.25) is 0 Å². The minimum Gasteiger partial charge on any atom is -0.0622 e. The van der Waals surface area contributed by atoms with Gasteiger partial charge in [-0.05, 0) is 132 Å². The van der Waals surface area contributed by atoms with Crippen molar-refractivity contribution in [2.45, 2.75) is 63.7 Å². The van der Waals surface area contributed by atoms with Crippen molar-refractivity contribution in [3.05, 3.63) is 287 Å². The van der Waals surface area contributed by atoms with Crippen LogP contribution in [0.25, 0.3) is 55.3 Å². The molecule has 0 aliphatic heterocycles. The lowest BCUT2D eigenvalue weighted by atomic mass is 9.75. The predicted molar refractivity (Wildman–Crippen MR) is 289 cm³/mol. The van der Waals surface area contributed by atoms with Gasteiger partial charge >= 0.3 is 0 Å². The van der Waals surface area contributed by atoms with Gasteiger partial charge in [-0.15, -0.1) is 0 Å². The summed E-state index contributed by atoms with van der Waals surface area (Å²) in [6.45, 7) is 9.48. The topological polar surface area (TPSA) is 0 Å². The molecule has 0 radical (unpaired) electrons. The van der Waals surface area contributed by atoms with Crippen LogP contribution in [0.5, 0.6) is 0 Å². The van der Waals surface area contributed by atoms with E-state index in [-0.39, 0.29) is 17.3 Å². The molecule has 0 N–H and O–H groups in total. The number of hydrogen-bond donors (Lipinski definition) is 0. The van der Waals surface area contributed by atoms with Gasteiger partial charge < -0.3 is 0 Å². The first-order valence-electron chi connectivity index (χ1n) is 24.5. The molecule has 0 bridgehead atoms. The zero-order valence-corrected chi connectivity index (χ0v) is 39.7. The Morgan fingerprint density at radius 3 is 1.60 bits per heavy atom. The highest BCUT2D eigenvalue weighted by Crippen LogP contribution is 2.52. The molecule has 10 aromatic rings. The van der Waals surface area contributed by atoms with Crippen molar-refractivity contribution < 1.29 is 0 Å². The summed E-state index contributed by atoms with van der Waals surface area (Å²) >= 11 is 0. The molecule has 1 aliphatic carbocycles. The molecule has 0 saturated carbocycles. The Labute approximate surface area is 403 Å². The summed E-state index contributed by atoms with van der Waals surface area (Å²) in [7, 11) is 0. The summed E-state index contributed by atoms with van der Waals surface area (Å²) in [5, 5.41) is 2.63. The largest absolute Gasteiger partial charge is 0.0622 e. The predicted octanol–water partition coefficient (Wildman–Crippen LogP) is 18.2. The van der Waals surface area contributed by atoms with E-state index in [1.54, 1.807) is 0 Å². The Morgan fingerprint density at radius 2 is 0.897 bits per heavy atom. The number of hydrogen-bond acceptors (Lipinski definition) is 0. The second-order valence-electron chi connectivity index (χ2n) is 19.7. The molecular formula is C68H58. The third-order valence-corrected chi connectivity index (χ3v) is 15.1. The van der Waals surface area contributed by atoms with Crippen LogP contribution in [0.3, 0.4) is 0 Å². The van der Waals surface area contributed by atoms with Gasteiger partial charge in [-0.3, -0.25) is 0 Å². The molecule has 0 aromatic heterocycles. The third kappa shape index (κ3) is 8.30. The molecule has 0 heterocycles. The average molecular weight is 875 g/mol. The van der Waals surface area contributed by atoms with E-state index in [9.17, 15) is 0 Å². The second-order valence-corrected chi connectivity index (χ2v) is 19.7. The fourth-order valence-corrected chi connectivity index (χ4v) is 11.3. The van der Waals surface area contributed by atoms with Crippen LogP contribution in [-0.2, 0) is 11.8 Å². The number of benzene rings is 10. The van der Waals surface area contributed by atoms with Gasteiger partial charge in [-0.25, -0.2) is 0 Å². The molecule has 68 heavy (non-hydrogen) atoms. The molecule has 0 saturated heterocycles. The first-order chi connectivity index (χ1) is 33.3. The lowest BCUT2D eigenvalue weighted by Gasteiger charge is -2.29. The van der Waals surface area contributed by atoms with Crippen molar-refractivity contribution in [1.29, 1.82) is 0 Å². The summed E-state index contributed by atoms with van der Waals surface area (Å²) in [6, 6.07) is 88.5. The van der Waals surface area contributed by atoms with Gasteiger partial charge in [0.05, 0.1) is 0 Å². The summed E-state index contributed by atoms with van der Waals surface area (Å²) in [5.41, 5.74) is 22.5. The molecule has 3 atom stereocenters. The molecule has 0 spiro atoms. The Morgan fingerprint density at radius 1 is 0.397 bits per heavy atom. The zero-order chi connectivity index (χ0) is 46.2. The van der Waals surface area contributed by atoms with Crippen LogP contribution in [-0.4, -0.2) is 0 Å². The van der Waals surface area contributed by atoms with Crippen molar-refractivity contribution in [1.82, 2.24) is 0 Å². The molecule has 2 unspecified atom stereocenters. The first kappa shape index (κ1) is 43.1. The summed E-state index contributed by atoms with van der Waals surface area (Å²) < 4.78 is 0. The normalized spacial score (nSPS) is 13.9. The van der Waals surface area contributed by atoms with Gasteiger partial charge in [0.15, 0.2) is 0 Å². The van der Waals surface area contributed by atoms with Crippen molar-refractivity contribution in [2.24, 2.45) is 0 Å². The molecule has 11 rings (SSSR count). The van der Waals surface area contributed by atoms with Crippen molar-refractivity contribution in [3.63, 3.8) is 0 Å². The highest BCUT2D eigenvalue weighted by atomic mass is 14.4. The minimum atomic E-state index is -0.133. The fourth-order valence-electron chi connectivity index (χ4n) is 11.3. The molecule has 0 heteroatoms. The maximum absolute atomic E-state index is 2.53. The monoisotopic (exact) mass is 874 g/mol. The van der Waals surface area contributed by atoms with Crippen LogP contribution >= 0.6 is 0 Å². The Bertz CT molecular complexity index is 3350. The lowest BCUT2D eigenvalue weighted by molar-refractivity contribution is 0.641. The number of aryl methyl sites for hydroxylation is 2. The summed E-state index contributed by atoms with van der Waals surface area (Å²) in [4.78, 5) is 0. The third-order valence-electron chi connectivity index (χ3n) is 15.1. The van der Waals surface area contributed by atoms with E-state index >= 15 is 0 Å². The van der Waals surface area contributed by atoms with E-state index in [0.29, 0.717) is 5.92 Å². The van der Waals surface area contributed by atoms with Crippen LogP contribution < -0.4 is 0 Å². The smallest absolute Gasteiger partial charge is 0.0162 e. The summed E-state index contributed by atoms with van der Waals surface area (Å²) in [6.07, 6.45) is 2.04. The van der Waals surface area contributed by atoms with Crippen molar-refractivity contribution in [2.75, 3.05) is 0 Å². The van der Waals surface area contributed by atoms with Crippen LogP contribution in [0.1, 0.15) is 95.0 Å². The lowest BCUT2D eigenvalue weighted by Crippen LogP contribution is -2.16. The molecule has 1 aliphatic rings. The SMILES string of the molecule is Cc1cccc([C@H](c2cccc3ccccc23)C(C)c2ccc3c(c2)C(C)(C)c2cc(-c4ccc(CCC(c5ccccc5)c5ccc(-c6ccc(-c7ccccc7)cc6)cc5)cc4)ccc2-3)c1. The molecule has 0 nitrogen and oxygen atoms in total. The van der Waals surface area contributed by atoms with Gasteiger partial charge in [0, 0.05) is 17.3 Å². The van der Waals surface area contributed by atoms with Crippen LogP contribution in [0, 0.1) is 6.92 Å². The van der Waals surface area contributed by atoms with Crippen molar-refractivity contribution >= 4 is 10.8 Å². The minimum absolute atomic E-state index is 0.133. The van der Waals surface area contributed by atoms with E-state index in [0.717, 1.165) is 12.8 Å². The molecule has 0 fully saturated rings. The summed E-state index contributed by atoms with van der Waals surface area (Å²) in [5.74, 6) is 0.784. The zero-order valence-electron chi connectivity index (χ0n) is 39.7. The van der Waals surface area contributed by atoms with Crippen molar-refractivity contribution in [3.8, 4) is 44.5 Å². The van der Waals surface area contributed by atoms with Gasteiger partial charge in [0.1, 0.15) is 0 Å². The average Bonchev–Trinajstić information content (AvgIpc) is 3.62. The highest BCUT2D eigenvalue weighted by Gasteiger charge is 2.37. The van der Waals surface area contributed by atoms with Gasteiger partial charge in [-0.2, -0.15) is 0 Å². The van der Waals surface area contributed by atoms with E-state index in [2.05, 4.69) is 264 Å². The van der Waals surface area contributed by atoms with E-state index in [1.807, 2.05) is 0 Å². The first-order valence-corrected chi connectivity index (χ1v) is 24.5.